The van der Waals surface area contributed by atoms with Gasteiger partial charge >= 0.3 is 0 Å². The Labute approximate surface area is 218 Å². The molecule has 5 aromatic rings. The first-order chi connectivity index (χ1) is 17.5. The van der Waals surface area contributed by atoms with Crippen molar-refractivity contribution in [2.24, 2.45) is 10.9 Å². The normalized spacial score (nSPS) is 11.7. The molecule has 3 aromatic carbocycles. The quantitative estimate of drug-likeness (QED) is 0.0969. The molecule has 6 nitrogen and oxygen atoms in total. The molecule has 0 saturated heterocycles. The molecule has 0 aliphatic carbocycles. The molecule has 178 valence electrons. The van der Waals surface area contributed by atoms with Gasteiger partial charge in [-0.05, 0) is 54.8 Å². The second kappa shape index (κ2) is 10.0. The van der Waals surface area contributed by atoms with Crippen molar-refractivity contribution in [2.45, 2.75) is 5.03 Å². The van der Waals surface area contributed by atoms with Gasteiger partial charge in [-0.15, -0.1) is 11.8 Å². The van der Waals surface area contributed by atoms with Gasteiger partial charge in [-0.2, -0.15) is 5.10 Å². The lowest BCUT2D eigenvalue weighted by Crippen LogP contribution is -2.30. The summed E-state index contributed by atoms with van der Waals surface area (Å²) >= 11 is 4.68. The van der Waals surface area contributed by atoms with Crippen molar-refractivity contribution in [2.75, 3.05) is 6.26 Å². The smallest absolute Gasteiger partial charge is 0.269 e. The minimum absolute atomic E-state index is 0.177. The highest BCUT2D eigenvalue weighted by Crippen LogP contribution is 2.28. The number of hydrogen-bond acceptors (Lipinski definition) is 6. The number of hydrogen-bond donors (Lipinski definition) is 1. The van der Waals surface area contributed by atoms with Gasteiger partial charge in [-0.3, -0.25) is 9.36 Å². The number of aromatic nitrogens is 3. The Morgan fingerprint density at radius 2 is 1.69 bits per heavy atom. The first-order valence-electron chi connectivity index (χ1n) is 10.9. The van der Waals surface area contributed by atoms with Crippen LogP contribution in [-0.2, 0) is 0 Å². The maximum Gasteiger partial charge on any atom is 0.269 e. The van der Waals surface area contributed by atoms with Gasteiger partial charge < -0.3 is 5.84 Å². The van der Waals surface area contributed by atoms with Gasteiger partial charge in [0.25, 0.3) is 5.56 Å². The summed E-state index contributed by atoms with van der Waals surface area (Å²) in [6.07, 6.45) is 1.79. The summed E-state index contributed by atoms with van der Waals surface area (Å²) in [5, 5.41) is 5.29. The molecule has 0 unspecified atom stereocenters. The molecular formula is C27H19BrFN5OS. The van der Waals surface area contributed by atoms with Crippen molar-refractivity contribution < 1.29 is 4.39 Å². The van der Waals surface area contributed by atoms with E-state index in [9.17, 15) is 9.18 Å². The van der Waals surface area contributed by atoms with Crippen molar-refractivity contribution in [3.05, 3.63) is 117 Å². The van der Waals surface area contributed by atoms with Crippen LogP contribution < -0.4 is 11.4 Å². The number of halogens is 2. The van der Waals surface area contributed by atoms with E-state index in [1.807, 2.05) is 30.3 Å². The fourth-order valence-electron chi connectivity index (χ4n) is 3.96. The molecule has 2 N–H and O–H groups in total. The van der Waals surface area contributed by atoms with Crippen LogP contribution in [0.2, 0.25) is 0 Å². The van der Waals surface area contributed by atoms with E-state index in [4.69, 9.17) is 10.8 Å². The number of rotatable bonds is 5. The van der Waals surface area contributed by atoms with Crippen LogP contribution in [-0.4, -0.2) is 26.5 Å². The van der Waals surface area contributed by atoms with E-state index in [2.05, 4.69) is 26.0 Å². The molecule has 0 bridgehead atoms. The Morgan fingerprint density at radius 3 is 2.42 bits per heavy atom. The topological polar surface area (TPSA) is 86.2 Å². The maximum absolute atomic E-state index is 14.9. The number of thioether (sulfide) groups is 1. The molecule has 5 rings (SSSR count). The van der Waals surface area contributed by atoms with Crippen molar-refractivity contribution in [1.82, 2.24) is 14.5 Å². The number of fused-ring (bicyclic) bond motifs is 1. The molecule has 36 heavy (non-hydrogen) atoms. The van der Waals surface area contributed by atoms with Gasteiger partial charge in [0.05, 0.1) is 22.5 Å². The Kier molecular flexibility index (Phi) is 6.67. The lowest BCUT2D eigenvalue weighted by molar-refractivity contribution is 0.628. The van der Waals surface area contributed by atoms with Crippen molar-refractivity contribution in [3.63, 3.8) is 0 Å². The van der Waals surface area contributed by atoms with Crippen LogP contribution in [0, 0.1) is 5.82 Å². The van der Waals surface area contributed by atoms with Crippen LogP contribution in [0.5, 0.6) is 0 Å². The van der Waals surface area contributed by atoms with Crippen LogP contribution in [0.1, 0.15) is 11.3 Å². The van der Waals surface area contributed by atoms with E-state index in [-0.39, 0.29) is 22.7 Å². The van der Waals surface area contributed by atoms with Gasteiger partial charge in [0.2, 0.25) is 0 Å². The summed E-state index contributed by atoms with van der Waals surface area (Å²) in [5.41, 5.74) is 1.86. The highest BCUT2D eigenvalue weighted by atomic mass is 79.9. The minimum atomic E-state index is -0.487. The first-order valence-corrected chi connectivity index (χ1v) is 12.9. The summed E-state index contributed by atoms with van der Waals surface area (Å²) in [5.74, 6) is 5.54. The number of benzene rings is 3. The molecule has 0 aliphatic rings. The fourth-order valence-corrected chi connectivity index (χ4v) is 4.79. The zero-order valence-electron chi connectivity index (χ0n) is 19.0. The van der Waals surface area contributed by atoms with E-state index < -0.39 is 11.4 Å². The largest absolute Gasteiger partial charge is 0.323 e. The molecule has 2 heterocycles. The second-order valence-electron chi connectivity index (χ2n) is 7.78. The minimum Gasteiger partial charge on any atom is -0.323 e. The summed E-state index contributed by atoms with van der Waals surface area (Å²) < 4.78 is 17.1. The van der Waals surface area contributed by atoms with Crippen molar-refractivity contribution in [1.29, 1.82) is 0 Å². The zero-order chi connectivity index (χ0) is 25.2. The third-order valence-electron chi connectivity index (χ3n) is 5.65. The maximum atomic E-state index is 14.9. The number of pyridine rings is 1. The van der Waals surface area contributed by atoms with Crippen LogP contribution in [0.15, 0.2) is 104 Å². The first kappa shape index (κ1) is 23.9. The third-order valence-corrected chi connectivity index (χ3v) is 6.86. The Hall–Kier alpha value is -3.82. The monoisotopic (exact) mass is 559 g/mol. The molecule has 0 saturated carbocycles. The summed E-state index contributed by atoms with van der Waals surface area (Å²) in [7, 11) is 0. The molecule has 0 aliphatic heterocycles. The van der Waals surface area contributed by atoms with Crippen LogP contribution in [0.25, 0.3) is 28.0 Å². The predicted molar refractivity (Wildman–Crippen MR) is 146 cm³/mol. The molecule has 9 heteroatoms. The highest BCUT2D eigenvalue weighted by Gasteiger charge is 2.25. The average molecular weight is 560 g/mol. The van der Waals surface area contributed by atoms with Crippen molar-refractivity contribution >= 4 is 44.3 Å². The van der Waals surface area contributed by atoms with Crippen LogP contribution in [0.4, 0.5) is 4.39 Å². The SMILES string of the molecule is CSc1nc(-c2ccccc2F)n(-c2ccc(Br)cc2)c(=O)c1/C(=N\N)c1ccc2ccccc2n1. The van der Waals surface area contributed by atoms with Gasteiger partial charge in [0.15, 0.2) is 5.82 Å². The Morgan fingerprint density at radius 1 is 0.972 bits per heavy atom. The molecule has 0 fully saturated rings. The van der Waals surface area contributed by atoms with Gasteiger partial charge in [-0.1, -0.05) is 52.3 Å². The number of para-hydroxylation sites is 1. The lowest BCUT2D eigenvalue weighted by atomic mass is 10.1. The molecular weight excluding hydrogens is 541 g/mol. The number of nitrogens with zero attached hydrogens (tertiary/aromatic N) is 4. The van der Waals surface area contributed by atoms with Gasteiger partial charge in [0.1, 0.15) is 22.1 Å². The summed E-state index contributed by atoms with van der Waals surface area (Å²) in [6.45, 7) is 0. The summed E-state index contributed by atoms with van der Waals surface area (Å²) in [6, 6.07) is 24.7. The number of hydrazone groups is 1. The van der Waals surface area contributed by atoms with Gasteiger partial charge in [0, 0.05) is 9.86 Å². The fraction of sp³-hybridized carbons (Fsp3) is 0.0370. The Balaban J connectivity index is 1.82. The predicted octanol–water partition coefficient (Wildman–Crippen LogP) is 5.78. The van der Waals surface area contributed by atoms with E-state index in [1.54, 1.807) is 54.8 Å². The molecule has 0 atom stereocenters. The van der Waals surface area contributed by atoms with E-state index >= 15 is 0 Å². The second-order valence-corrected chi connectivity index (χ2v) is 9.49. The molecule has 0 amide bonds. The van der Waals surface area contributed by atoms with Crippen molar-refractivity contribution in [3.8, 4) is 17.1 Å². The average Bonchev–Trinajstić information content (AvgIpc) is 2.90. The van der Waals surface area contributed by atoms with E-state index in [0.717, 1.165) is 15.4 Å². The standard InChI is InChI=1S/C27H19BrFN5OS/c1-36-26-23(24(33-30)22-15-10-16-6-2-5-9-21(16)31-22)27(35)34(18-13-11-17(28)12-14-18)25(32-26)19-7-3-4-8-20(19)29/h2-15H,30H2,1H3/b33-24-. The Bertz CT molecular complexity index is 1680. The molecule has 0 radical (unpaired) electrons. The lowest BCUT2D eigenvalue weighted by Gasteiger charge is -2.18. The molecule has 2 aromatic heterocycles. The van der Waals surface area contributed by atoms with Gasteiger partial charge in [-0.25, -0.2) is 14.4 Å². The molecule has 0 spiro atoms. The van der Waals surface area contributed by atoms with Crippen LogP contribution in [0.3, 0.4) is 0 Å². The van der Waals surface area contributed by atoms with Crippen LogP contribution >= 0.6 is 27.7 Å². The van der Waals surface area contributed by atoms with E-state index in [1.165, 1.54) is 22.4 Å². The summed E-state index contributed by atoms with van der Waals surface area (Å²) in [4.78, 5) is 23.6. The van der Waals surface area contributed by atoms with E-state index in [0.29, 0.717) is 16.4 Å². The third kappa shape index (κ3) is 4.31. The number of nitrogens with two attached hydrogens (primary N) is 1. The zero-order valence-corrected chi connectivity index (χ0v) is 21.4. The highest BCUT2D eigenvalue weighted by molar-refractivity contribution is 9.10.